The van der Waals surface area contributed by atoms with Crippen molar-refractivity contribution in [2.45, 2.75) is 64.5 Å². The average Bonchev–Trinajstić information content (AvgIpc) is 2.81. The van der Waals surface area contributed by atoms with E-state index in [0.29, 0.717) is 24.3 Å². The maximum Gasteiger partial charge on any atom is 0.140 e. The van der Waals surface area contributed by atoms with E-state index in [-0.39, 0.29) is 0 Å². The van der Waals surface area contributed by atoms with Crippen molar-refractivity contribution in [2.75, 3.05) is 0 Å². The van der Waals surface area contributed by atoms with Gasteiger partial charge in [-0.15, -0.1) is 0 Å². The minimum Gasteiger partial charge on any atom is -0.409 e. The quantitative estimate of drug-likeness (QED) is 0.281. The number of hydrogen-bond donors (Lipinski definition) is 3. The van der Waals surface area contributed by atoms with E-state index in [1.54, 1.807) is 0 Å². The Labute approximate surface area is 98.3 Å². The third-order valence-corrected chi connectivity index (χ3v) is 3.68. The second kappa shape index (κ2) is 6.74. The molecule has 4 heteroatoms. The number of hydrogen-bond acceptors (Lipinski definition) is 3. The van der Waals surface area contributed by atoms with Gasteiger partial charge < -0.3 is 16.3 Å². The second-order valence-corrected chi connectivity index (χ2v) is 4.90. The Kier molecular flexibility index (Phi) is 5.60. The molecule has 0 amide bonds. The van der Waals surface area contributed by atoms with Gasteiger partial charge in [-0.1, -0.05) is 24.9 Å². The molecule has 1 rings (SSSR count). The van der Waals surface area contributed by atoms with E-state index in [9.17, 15) is 0 Å². The van der Waals surface area contributed by atoms with Crippen LogP contribution in [0, 0.1) is 5.92 Å². The van der Waals surface area contributed by atoms with Crippen LogP contribution in [0.1, 0.15) is 52.4 Å². The molecule has 4 nitrogen and oxygen atoms in total. The number of oxime groups is 1. The Morgan fingerprint density at radius 2 is 2.12 bits per heavy atom. The molecule has 0 bridgehead atoms. The molecule has 2 atom stereocenters. The number of rotatable bonds is 6. The number of nitrogens with two attached hydrogens (primary N) is 1. The van der Waals surface area contributed by atoms with Crippen molar-refractivity contribution in [3.8, 4) is 0 Å². The fraction of sp³-hybridized carbons (Fsp3) is 0.917. The van der Waals surface area contributed by atoms with Gasteiger partial charge in [-0.05, 0) is 32.1 Å². The topological polar surface area (TPSA) is 70.6 Å². The van der Waals surface area contributed by atoms with Gasteiger partial charge in [-0.25, -0.2) is 0 Å². The van der Waals surface area contributed by atoms with Crippen LogP contribution in [0.15, 0.2) is 5.16 Å². The first-order valence-electron chi connectivity index (χ1n) is 6.39. The van der Waals surface area contributed by atoms with Crippen molar-refractivity contribution in [3.63, 3.8) is 0 Å². The summed E-state index contributed by atoms with van der Waals surface area (Å²) in [6.45, 7) is 4.38. The fourth-order valence-corrected chi connectivity index (χ4v) is 2.58. The zero-order chi connectivity index (χ0) is 12.0. The Balaban J connectivity index is 2.36. The minimum atomic E-state index is 0.318. The van der Waals surface area contributed by atoms with Crippen molar-refractivity contribution in [1.82, 2.24) is 5.32 Å². The van der Waals surface area contributed by atoms with Crippen LogP contribution in [-0.4, -0.2) is 23.1 Å². The summed E-state index contributed by atoms with van der Waals surface area (Å²) in [7, 11) is 0. The summed E-state index contributed by atoms with van der Waals surface area (Å²) in [5.41, 5.74) is 5.54. The predicted octanol–water partition coefficient (Wildman–Crippen LogP) is 2.07. The molecular weight excluding hydrogens is 202 g/mol. The molecule has 1 unspecified atom stereocenters. The van der Waals surface area contributed by atoms with Crippen LogP contribution >= 0.6 is 0 Å². The Morgan fingerprint density at radius 1 is 1.50 bits per heavy atom. The Bertz CT molecular complexity index is 224. The van der Waals surface area contributed by atoms with E-state index in [1.165, 1.54) is 25.7 Å². The predicted molar refractivity (Wildman–Crippen MR) is 66.7 cm³/mol. The zero-order valence-electron chi connectivity index (χ0n) is 10.4. The summed E-state index contributed by atoms with van der Waals surface area (Å²) in [6.07, 6.45) is 7.06. The molecular formula is C12H25N3O. The van der Waals surface area contributed by atoms with Crippen LogP contribution in [0.4, 0.5) is 0 Å². The SMILES string of the molecule is CCC(CC(N)=NO)N[C@H](C)C1CCCC1. The van der Waals surface area contributed by atoms with Crippen LogP contribution < -0.4 is 11.1 Å². The Hall–Kier alpha value is -0.770. The first kappa shape index (κ1) is 13.3. The van der Waals surface area contributed by atoms with E-state index >= 15 is 0 Å². The molecule has 1 aliphatic carbocycles. The van der Waals surface area contributed by atoms with Gasteiger partial charge >= 0.3 is 0 Å². The highest BCUT2D eigenvalue weighted by Gasteiger charge is 2.23. The summed E-state index contributed by atoms with van der Waals surface area (Å²) in [5.74, 6) is 1.12. The van der Waals surface area contributed by atoms with Gasteiger partial charge in [0.25, 0.3) is 0 Å². The van der Waals surface area contributed by atoms with Gasteiger partial charge in [-0.2, -0.15) is 0 Å². The summed E-state index contributed by atoms with van der Waals surface area (Å²) in [4.78, 5) is 0. The van der Waals surface area contributed by atoms with Crippen molar-refractivity contribution < 1.29 is 5.21 Å². The van der Waals surface area contributed by atoms with Crippen LogP contribution in [0.2, 0.25) is 0 Å². The Morgan fingerprint density at radius 3 is 2.62 bits per heavy atom. The summed E-state index contributed by atoms with van der Waals surface area (Å²) >= 11 is 0. The molecule has 0 aromatic heterocycles. The summed E-state index contributed by atoms with van der Waals surface area (Å²) in [5, 5.41) is 15.2. The van der Waals surface area contributed by atoms with Crippen LogP contribution in [-0.2, 0) is 0 Å². The number of nitrogens with zero attached hydrogens (tertiary/aromatic N) is 1. The molecule has 0 aliphatic heterocycles. The van der Waals surface area contributed by atoms with Crippen LogP contribution in [0.3, 0.4) is 0 Å². The maximum absolute atomic E-state index is 8.56. The first-order chi connectivity index (χ1) is 7.67. The molecule has 0 aromatic rings. The smallest absolute Gasteiger partial charge is 0.140 e. The lowest BCUT2D eigenvalue weighted by Crippen LogP contribution is -2.42. The molecule has 0 saturated heterocycles. The van der Waals surface area contributed by atoms with E-state index in [0.717, 1.165) is 12.3 Å². The average molecular weight is 227 g/mol. The maximum atomic E-state index is 8.56. The molecule has 4 N–H and O–H groups in total. The molecule has 0 spiro atoms. The van der Waals surface area contributed by atoms with Gasteiger partial charge in [-0.3, -0.25) is 0 Å². The standard InChI is InChI=1S/C12H25N3O/c1-3-11(8-12(13)15-16)14-9(2)10-6-4-5-7-10/h9-11,14,16H,3-8H2,1-2H3,(H2,13,15)/t9-,11?/m1/s1. The van der Waals surface area contributed by atoms with Crippen molar-refractivity contribution in [1.29, 1.82) is 0 Å². The third-order valence-electron chi connectivity index (χ3n) is 3.68. The molecule has 94 valence electrons. The van der Waals surface area contributed by atoms with E-state index in [4.69, 9.17) is 10.9 Å². The van der Waals surface area contributed by atoms with Crippen molar-refractivity contribution in [2.24, 2.45) is 16.8 Å². The van der Waals surface area contributed by atoms with Gasteiger partial charge in [0.05, 0.1) is 0 Å². The van der Waals surface area contributed by atoms with E-state index in [2.05, 4.69) is 24.3 Å². The van der Waals surface area contributed by atoms with E-state index in [1.807, 2.05) is 0 Å². The number of amidine groups is 1. The van der Waals surface area contributed by atoms with Crippen molar-refractivity contribution in [3.05, 3.63) is 0 Å². The molecule has 0 aromatic carbocycles. The molecule has 1 aliphatic rings. The van der Waals surface area contributed by atoms with Gasteiger partial charge in [0.1, 0.15) is 5.84 Å². The second-order valence-electron chi connectivity index (χ2n) is 4.90. The zero-order valence-corrected chi connectivity index (χ0v) is 10.4. The fourth-order valence-electron chi connectivity index (χ4n) is 2.58. The van der Waals surface area contributed by atoms with Crippen LogP contribution in [0.25, 0.3) is 0 Å². The molecule has 0 heterocycles. The lowest BCUT2D eigenvalue weighted by atomic mass is 9.98. The number of nitrogens with one attached hydrogen (secondary N) is 1. The minimum absolute atomic E-state index is 0.318. The normalized spacial score (nSPS) is 22.2. The highest BCUT2D eigenvalue weighted by molar-refractivity contribution is 5.80. The van der Waals surface area contributed by atoms with Gasteiger partial charge in [0, 0.05) is 18.5 Å². The summed E-state index contributed by atoms with van der Waals surface area (Å²) < 4.78 is 0. The van der Waals surface area contributed by atoms with E-state index < -0.39 is 0 Å². The lowest BCUT2D eigenvalue weighted by molar-refractivity contribution is 0.310. The lowest BCUT2D eigenvalue weighted by Gasteiger charge is -2.26. The summed E-state index contributed by atoms with van der Waals surface area (Å²) in [6, 6.07) is 0.866. The highest BCUT2D eigenvalue weighted by Crippen LogP contribution is 2.27. The molecule has 0 radical (unpaired) electrons. The molecule has 16 heavy (non-hydrogen) atoms. The highest BCUT2D eigenvalue weighted by atomic mass is 16.4. The first-order valence-corrected chi connectivity index (χ1v) is 6.39. The van der Waals surface area contributed by atoms with Crippen LogP contribution in [0.5, 0.6) is 0 Å². The molecule has 1 saturated carbocycles. The molecule has 1 fully saturated rings. The third kappa shape index (κ3) is 4.00. The van der Waals surface area contributed by atoms with Crippen molar-refractivity contribution >= 4 is 5.84 Å². The van der Waals surface area contributed by atoms with Gasteiger partial charge in [0.2, 0.25) is 0 Å². The largest absolute Gasteiger partial charge is 0.409 e. The van der Waals surface area contributed by atoms with Gasteiger partial charge in [0.15, 0.2) is 0 Å². The monoisotopic (exact) mass is 227 g/mol.